The van der Waals surface area contributed by atoms with E-state index in [0.29, 0.717) is 17.8 Å². The van der Waals surface area contributed by atoms with Gasteiger partial charge < -0.3 is 32.2 Å². The predicted octanol–water partition coefficient (Wildman–Crippen LogP) is 10.9. The zero-order valence-electron chi connectivity index (χ0n) is 45.7. The highest BCUT2D eigenvalue weighted by atomic mass is 15.4. The van der Waals surface area contributed by atoms with Crippen molar-refractivity contribution < 1.29 is 0 Å². The molecule has 0 saturated heterocycles. The first-order chi connectivity index (χ1) is 38.1. The van der Waals surface area contributed by atoms with Gasteiger partial charge in [-0.2, -0.15) is 0 Å². The number of benzene rings is 3. The smallest absolute Gasteiger partial charge is 0.197 e. The lowest BCUT2D eigenvalue weighted by molar-refractivity contribution is 0.630. The lowest BCUT2D eigenvalue weighted by Crippen LogP contribution is -1.99. The van der Waals surface area contributed by atoms with Crippen LogP contribution in [0.4, 0.5) is 17.8 Å². The van der Waals surface area contributed by atoms with Gasteiger partial charge in [0.2, 0.25) is 0 Å². The first-order valence-corrected chi connectivity index (χ1v) is 27.3. The van der Waals surface area contributed by atoms with Crippen LogP contribution in [0.5, 0.6) is 0 Å². The van der Waals surface area contributed by atoms with Gasteiger partial charge in [0.05, 0.1) is 55.3 Å². The molecule has 408 valence electrons. The second kappa shape index (κ2) is 31.4. The molecule has 9 N–H and O–H groups in total. The summed E-state index contributed by atoms with van der Waals surface area (Å²) in [6, 6.07) is 31.0. The molecule has 9 aromatic rings. The van der Waals surface area contributed by atoms with Crippen LogP contribution < -0.4 is 17.2 Å². The maximum Gasteiger partial charge on any atom is 0.197 e. The highest BCUT2D eigenvalue weighted by molar-refractivity contribution is 5.53. The van der Waals surface area contributed by atoms with E-state index in [4.69, 9.17) is 17.2 Å². The molecule has 0 aliphatic heterocycles. The quantitative estimate of drug-likeness (QED) is 0.0263. The van der Waals surface area contributed by atoms with E-state index in [-0.39, 0.29) is 0 Å². The van der Waals surface area contributed by atoms with Gasteiger partial charge in [0.25, 0.3) is 0 Å². The minimum absolute atomic E-state index is 0.483. The van der Waals surface area contributed by atoms with E-state index in [1.165, 1.54) is 46.3 Å². The van der Waals surface area contributed by atoms with Crippen LogP contribution in [0.15, 0.2) is 145 Å². The molecule has 0 spiro atoms. The van der Waals surface area contributed by atoms with Crippen molar-refractivity contribution in [2.24, 2.45) is 0 Å². The third kappa shape index (κ3) is 21.5. The lowest BCUT2D eigenvalue weighted by Gasteiger charge is -2.01. The van der Waals surface area contributed by atoms with Crippen molar-refractivity contribution in [2.75, 3.05) is 17.2 Å². The van der Waals surface area contributed by atoms with Crippen molar-refractivity contribution in [3.05, 3.63) is 196 Å². The molecule has 9 rings (SSSR count). The van der Waals surface area contributed by atoms with Gasteiger partial charge >= 0.3 is 0 Å². The third-order valence-corrected chi connectivity index (χ3v) is 12.7. The molecule has 0 atom stereocenters. The SMILES string of the molecule is C/C(=C\c1ccccc1)Cn1cc(CCCCCCc2cnc(N)[nH]2)nn1.C/C(=C\c1ccccc1)Cn1cc(CCCCCc2cnc(N)[nH]2)nn1.C/C(=C\c1ccccc1)Cn1cc(CCCCc2cnc(N)[nH]2)nn1. The van der Waals surface area contributed by atoms with Crippen molar-refractivity contribution in [3.8, 4) is 0 Å². The summed E-state index contributed by atoms with van der Waals surface area (Å²) in [5.41, 5.74) is 30.6. The first-order valence-electron chi connectivity index (χ1n) is 27.3. The Morgan fingerprint density at radius 1 is 0.385 bits per heavy atom. The van der Waals surface area contributed by atoms with Crippen LogP contribution in [0, 0.1) is 0 Å². The second-order valence-corrected chi connectivity index (χ2v) is 20.0. The standard InChI is InChI=1S/C21H28N6.C20H26N6.C19H24N6/c1-17(13-18-9-5-4-6-10-18)15-27-16-20(25-26-27)12-8-3-2-7-11-19-14-23-21(22)24-19;1-16(12-17-8-4-2-5-9-17)14-26-15-19(24-25-26)11-7-3-6-10-18-13-22-20(21)23-18;1-15(11-16-7-3-2-4-8-16)13-25-14-18(23-24-25)10-6-5-9-17-12-21-19(20)22-17/h4-6,9-10,13-14,16H,2-3,7-8,11-12,15H2,1H3,(H3,22,23,24);2,4-5,8-9,12-13,15H,3,6-7,10-11,14H2,1H3,(H3,21,22,23);2-4,7-8,11-12,14H,5-6,9-10,13H2,1H3,(H3,20,21,22)/b17-13+;16-12+;15-11+. The van der Waals surface area contributed by atoms with Crippen LogP contribution in [0.25, 0.3) is 18.2 Å². The third-order valence-electron chi connectivity index (χ3n) is 12.7. The minimum atomic E-state index is 0.483. The van der Waals surface area contributed by atoms with Crippen molar-refractivity contribution >= 4 is 36.1 Å². The number of allylic oxidation sites excluding steroid dienone is 3. The Morgan fingerprint density at radius 3 is 0.949 bits per heavy atom. The molecule has 3 aromatic carbocycles. The molecular weight excluding hydrogens is 973 g/mol. The van der Waals surface area contributed by atoms with Gasteiger partial charge in [-0.15, -0.1) is 15.3 Å². The van der Waals surface area contributed by atoms with Crippen LogP contribution in [0.2, 0.25) is 0 Å². The number of rotatable bonds is 27. The summed E-state index contributed by atoms with van der Waals surface area (Å²) in [5.74, 6) is 1.48. The molecule has 0 aliphatic rings. The zero-order chi connectivity index (χ0) is 54.6. The fraction of sp³-hybridized carbons (Fsp3) is 0.350. The summed E-state index contributed by atoms with van der Waals surface area (Å²) in [4.78, 5) is 21.2. The normalized spacial score (nSPS) is 11.8. The van der Waals surface area contributed by atoms with E-state index in [2.05, 4.69) is 161 Å². The molecule has 78 heavy (non-hydrogen) atoms. The Hall–Kier alpha value is -8.67. The molecule has 6 heterocycles. The fourth-order valence-corrected chi connectivity index (χ4v) is 8.90. The van der Waals surface area contributed by atoms with Crippen LogP contribution in [0.3, 0.4) is 0 Å². The number of aromatic amines is 3. The van der Waals surface area contributed by atoms with Crippen LogP contribution in [-0.4, -0.2) is 74.9 Å². The topological polar surface area (TPSA) is 256 Å². The van der Waals surface area contributed by atoms with Gasteiger partial charge in [-0.05, 0) is 115 Å². The second-order valence-electron chi connectivity index (χ2n) is 20.0. The number of nitrogens with two attached hydrogens (primary N) is 3. The summed E-state index contributed by atoms with van der Waals surface area (Å²) < 4.78 is 5.74. The number of nitrogens with one attached hydrogen (secondary N) is 3. The Kier molecular flexibility index (Phi) is 23.0. The average Bonchev–Trinajstić information content (AvgIpc) is 4.33. The van der Waals surface area contributed by atoms with Crippen LogP contribution >= 0.6 is 0 Å². The molecule has 0 radical (unpaired) electrons. The number of unbranched alkanes of at least 4 members (excludes halogenated alkanes) is 6. The Balaban J connectivity index is 0.000000170. The van der Waals surface area contributed by atoms with Gasteiger partial charge in [0, 0.05) is 35.7 Å². The molecule has 0 saturated carbocycles. The summed E-state index contributed by atoms with van der Waals surface area (Å²) in [6.07, 6.45) is 34.2. The number of hydrogen-bond donors (Lipinski definition) is 6. The molecule has 0 amide bonds. The lowest BCUT2D eigenvalue weighted by atomic mass is 10.1. The van der Waals surface area contributed by atoms with E-state index < -0.39 is 0 Å². The van der Waals surface area contributed by atoms with Crippen molar-refractivity contribution in [1.29, 1.82) is 0 Å². The van der Waals surface area contributed by atoms with E-state index in [1.54, 1.807) is 6.20 Å². The fourth-order valence-electron chi connectivity index (χ4n) is 8.90. The van der Waals surface area contributed by atoms with E-state index in [1.807, 2.05) is 75.1 Å². The van der Waals surface area contributed by atoms with Crippen LogP contribution in [-0.2, 0) is 58.2 Å². The molecule has 6 aromatic heterocycles. The molecule has 0 fully saturated rings. The predicted molar refractivity (Wildman–Crippen MR) is 313 cm³/mol. The number of anilines is 3. The number of nitrogen functional groups attached to an aromatic ring is 3. The molecule has 0 bridgehead atoms. The largest absolute Gasteiger partial charge is 0.369 e. The number of imidazole rings is 3. The zero-order valence-corrected chi connectivity index (χ0v) is 45.7. The number of H-pyrrole nitrogens is 3. The average molecular weight is 1050 g/mol. The number of aryl methyl sites for hydroxylation is 6. The molecular formula is C60H78N18. The van der Waals surface area contributed by atoms with Crippen molar-refractivity contribution in [2.45, 2.75) is 137 Å². The first kappa shape index (κ1) is 57.0. The Morgan fingerprint density at radius 2 is 0.654 bits per heavy atom. The maximum atomic E-state index is 5.58. The summed E-state index contributed by atoms with van der Waals surface area (Å²) >= 11 is 0. The van der Waals surface area contributed by atoms with Gasteiger partial charge in [0.15, 0.2) is 17.8 Å². The highest BCUT2D eigenvalue weighted by Gasteiger charge is 2.07. The summed E-state index contributed by atoms with van der Waals surface area (Å²) in [6.45, 7) is 8.66. The van der Waals surface area contributed by atoms with Gasteiger partial charge in [-0.3, -0.25) is 0 Å². The number of hydrogen-bond acceptors (Lipinski definition) is 12. The maximum absolute atomic E-state index is 5.58. The summed E-state index contributed by atoms with van der Waals surface area (Å²) in [5, 5.41) is 25.6. The van der Waals surface area contributed by atoms with E-state index in [9.17, 15) is 0 Å². The van der Waals surface area contributed by atoms with Gasteiger partial charge in [-0.25, -0.2) is 29.0 Å². The summed E-state index contributed by atoms with van der Waals surface area (Å²) in [7, 11) is 0. The van der Waals surface area contributed by atoms with Crippen molar-refractivity contribution in [3.63, 3.8) is 0 Å². The molecule has 0 aliphatic carbocycles. The highest BCUT2D eigenvalue weighted by Crippen LogP contribution is 2.15. The van der Waals surface area contributed by atoms with Crippen molar-refractivity contribution in [1.82, 2.24) is 74.9 Å². The van der Waals surface area contributed by atoms with Gasteiger partial charge in [-0.1, -0.05) is 161 Å². The van der Waals surface area contributed by atoms with E-state index >= 15 is 0 Å². The van der Waals surface area contributed by atoms with Crippen LogP contribution in [0.1, 0.15) is 129 Å². The monoisotopic (exact) mass is 1050 g/mol. The number of aromatic nitrogens is 15. The molecule has 18 nitrogen and oxygen atoms in total. The molecule has 18 heteroatoms. The Bertz CT molecular complexity index is 3170. The number of nitrogens with zero attached hydrogens (tertiary/aromatic N) is 12. The minimum Gasteiger partial charge on any atom is -0.369 e. The van der Waals surface area contributed by atoms with Gasteiger partial charge in [0.1, 0.15) is 0 Å². The molecule has 0 unspecified atom stereocenters. The van der Waals surface area contributed by atoms with E-state index in [0.717, 1.165) is 137 Å². The Labute approximate surface area is 458 Å².